The molecule has 0 unspecified atom stereocenters. The summed E-state index contributed by atoms with van der Waals surface area (Å²) in [6, 6.07) is 11.2. The smallest absolute Gasteiger partial charge is 0.276 e. The summed E-state index contributed by atoms with van der Waals surface area (Å²) >= 11 is 6.83. The topological polar surface area (TPSA) is 79.5 Å². The molecule has 0 atom stereocenters. The lowest BCUT2D eigenvalue weighted by molar-refractivity contribution is -0.124. The third-order valence-corrected chi connectivity index (χ3v) is 5.11. The van der Waals surface area contributed by atoms with Gasteiger partial charge in [0.05, 0.1) is 4.47 Å². The van der Waals surface area contributed by atoms with E-state index in [9.17, 15) is 9.59 Å². The standard InChI is InChI=1S/C20H21Br2N3O3/c1-12-4-6-15(7-5-12)23-19(26)9-14(3)24-25-20(27)11-28-18-8-13(2)16(21)10-17(18)22/h4-10,24H,11H2,1-3H3,(H,23,26)(H,25,27). The molecule has 2 aromatic rings. The van der Waals surface area contributed by atoms with Crippen LogP contribution >= 0.6 is 31.9 Å². The van der Waals surface area contributed by atoms with Gasteiger partial charge in [0, 0.05) is 21.9 Å². The summed E-state index contributed by atoms with van der Waals surface area (Å²) in [5.41, 5.74) is 8.46. The Labute approximate surface area is 181 Å². The van der Waals surface area contributed by atoms with Gasteiger partial charge in [0.2, 0.25) is 5.91 Å². The van der Waals surface area contributed by atoms with E-state index in [1.54, 1.807) is 6.92 Å². The van der Waals surface area contributed by atoms with Gasteiger partial charge in [-0.3, -0.25) is 15.0 Å². The Morgan fingerprint density at radius 1 is 1.04 bits per heavy atom. The Morgan fingerprint density at radius 3 is 2.39 bits per heavy atom. The lowest BCUT2D eigenvalue weighted by Gasteiger charge is -2.12. The molecule has 2 aromatic carbocycles. The lowest BCUT2D eigenvalue weighted by Crippen LogP contribution is -2.39. The van der Waals surface area contributed by atoms with Crippen molar-refractivity contribution < 1.29 is 14.3 Å². The Morgan fingerprint density at radius 2 is 1.71 bits per heavy atom. The van der Waals surface area contributed by atoms with Gasteiger partial charge in [-0.2, -0.15) is 0 Å². The maximum Gasteiger partial charge on any atom is 0.276 e. The number of hydrazine groups is 1. The van der Waals surface area contributed by atoms with Gasteiger partial charge >= 0.3 is 0 Å². The fourth-order valence-corrected chi connectivity index (χ4v) is 3.25. The first-order valence-corrected chi connectivity index (χ1v) is 10.0. The summed E-state index contributed by atoms with van der Waals surface area (Å²) in [7, 11) is 0. The van der Waals surface area contributed by atoms with E-state index in [4.69, 9.17) is 4.74 Å². The van der Waals surface area contributed by atoms with Crippen LogP contribution in [0.3, 0.4) is 0 Å². The van der Waals surface area contributed by atoms with Gasteiger partial charge in [0.1, 0.15) is 5.75 Å². The second-order valence-electron chi connectivity index (χ2n) is 6.18. The first-order chi connectivity index (χ1) is 13.2. The molecule has 0 saturated carbocycles. The van der Waals surface area contributed by atoms with Gasteiger partial charge in [-0.05, 0) is 66.5 Å². The maximum atomic E-state index is 12.0. The van der Waals surface area contributed by atoms with Gasteiger partial charge in [-0.25, -0.2) is 0 Å². The summed E-state index contributed by atoms with van der Waals surface area (Å²) in [5.74, 6) is -0.103. The predicted octanol–water partition coefficient (Wildman–Crippen LogP) is 4.37. The Bertz CT molecular complexity index is 896. The summed E-state index contributed by atoms with van der Waals surface area (Å²) in [6.07, 6.45) is 1.36. The van der Waals surface area contributed by atoms with Crippen molar-refractivity contribution in [1.82, 2.24) is 10.9 Å². The zero-order valence-corrected chi connectivity index (χ0v) is 18.9. The van der Waals surface area contributed by atoms with E-state index in [1.807, 2.05) is 50.2 Å². The number of rotatable bonds is 7. The number of ether oxygens (including phenoxy) is 1. The van der Waals surface area contributed by atoms with E-state index in [2.05, 4.69) is 48.0 Å². The molecule has 0 heterocycles. The third-order valence-electron chi connectivity index (χ3n) is 3.64. The molecule has 0 fully saturated rings. The number of halogens is 2. The van der Waals surface area contributed by atoms with E-state index >= 15 is 0 Å². The molecule has 0 saturated heterocycles. The average Bonchev–Trinajstić information content (AvgIpc) is 2.63. The SMILES string of the molecule is CC(=CC(=O)Nc1ccc(C)cc1)NNC(=O)COc1cc(C)c(Br)cc1Br. The maximum absolute atomic E-state index is 12.0. The Kier molecular flexibility index (Phi) is 8.07. The summed E-state index contributed by atoms with van der Waals surface area (Å²) < 4.78 is 7.21. The van der Waals surface area contributed by atoms with Crippen molar-refractivity contribution in [2.75, 3.05) is 11.9 Å². The number of benzene rings is 2. The highest BCUT2D eigenvalue weighted by Gasteiger charge is 2.08. The van der Waals surface area contributed by atoms with Crippen molar-refractivity contribution in [2.45, 2.75) is 20.8 Å². The molecule has 0 aliphatic rings. The second kappa shape index (κ2) is 10.3. The highest BCUT2D eigenvalue weighted by atomic mass is 79.9. The number of aryl methyl sites for hydroxylation is 2. The van der Waals surface area contributed by atoms with Crippen LogP contribution in [0.1, 0.15) is 18.1 Å². The van der Waals surface area contributed by atoms with Crippen molar-refractivity contribution in [3.8, 4) is 5.75 Å². The van der Waals surface area contributed by atoms with Crippen LogP contribution in [0.5, 0.6) is 5.75 Å². The van der Waals surface area contributed by atoms with E-state index in [-0.39, 0.29) is 18.4 Å². The van der Waals surface area contributed by atoms with Crippen molar-refractivity contribution in [1.29, 1.82) is 0 Å². The monoisotopic (exact) mass is 509 g/mol. The molecular weight excluding hydrogens is 490 g/mol. The molecule has 0 aliphatic carbocycles. The first-order valence-electron chi connectivity index (χ1n) is 8.44. The fourth-order valence-electron chi connectivity index (χ4n) is 2.14. The molecule has 6 nitrogen and oxygen atoms in total. The van der Waals surface area contributed by atoms with E-state index < -0.39 is 0 Å². The molecule has 8 heteroatoms. The number of carbonyl (C=O) groups excluding carboxylic acids is 2. The zero-order chi connectivity index (χ0) is 20.7. The minimum Gasteiger partial charge on any atom is -0.483 e. The molecule has 0 aromatic heterocycles. The number of allylic oxidation sites excluding steroid dienone is 1. The normalized spacial score (nSPS) is 11.0. The highest BCUT2D eigenvalue weighted by molar-refractivity contribution is 9.11. The summed E-state index contributed by atoms with van der Waals surface area (Å²) in [6.45, 7) is 5.41. The molecule has 2 amide bonds. The quantitative estimate of drug-likeness (QED) is 0.381. The Balaban J connectivity index is 1.79. The van der Waals surface area contributed by atoms with Gasteiger partial charge in [-0.15, -0.1) is 0 Å². The predicted molar refractivity (Wildman–Crippen MR) is 117 cm³/mol. The molecular formula is C20H21Br2N3O3. The minimum atomic E-state index is -0.376. The molecule has 3 N–H and O–H groups in total. The average molecular weight is 511 g/mol. The van der Waals surface area contributed by atoms with Gasteiger partial charge in [-0.1, -0.05) is 33.6 Å². The van der Waals surface area contributed by atoms with Gasteiger partial charge in [0.25, 0.3) is 5.91 Å². The highest BCUT2D eigenvalue weighted by Crippen LogP contribution is 2.31. The summed E-state index contributed by atoms with van der Waals surface area (Å²) in [4.78, 5) is 23.9. The van der Waals surface area contributed by atoms with E-state index in [1.165, 1.54) is 6.08 Å². The Hall–Kier alpha value is -2.32. The first kappa shape index (κ1) is 22.0. The van der Waals surface area contributed by atoms with Crippen LogP contribution in [-0.4, -0.2) is 18.4 Å². The number of hydrogen-bond donors (Lipinski definition) is 3. The fraction of sp³-hybridized carbons (Fsp3) is 0.200. The van der Waals surface area contributed by atoms with E-state index in [0.717, 1.165) is 20.1 Å². The molecule has 2 rings (SSSR count). The number of nitrogens with one attached hydrogen (secondary N) is 3. The largest absolute Gasteiger partial charge is 0.483 e. The number of carbonyl (C=O) groups is 2. The minimum absolute atomic E-state index is 0.171. The number of anilines is 1. The van der Waals surface area contributed by atoms with Gasteiger partial charge in [0.15, 0.2) is 6.61 Å². The molecule has 0 radical (unpaired) electrons. The number of amides is 2. The third kappa shape index (κ3) is 7.01. The van der Waals surface area contributed by atoms with Crippen LogP contribution in [0.2, 0.25) is 0 Å². The number of hydrogen-bond acceptors (Lipinski definition) is 4. The van der Waals surface area contributed by atoms with Crippen molar-refractivity contribution in [2.24, 2.45) is 0 Å². The molecule has 0 aliphatic heterocycles. The van der Waals surface area contributed by atoms with Crippen LogP contribution in [0, 0.1) is 13.8 Å². The van der Waals surface area contributed by atoms with Crippen molar-refractivity contribution in [3.05, 3.63) is 68.2 Å². The molecule has 28 heavy (non-hydrogen) atoms. The van der Waals surface area contributed by atoms with Crippen LogP contribution in [0.4, 0.5) is 5.69 Å². The lowest BCUT2D eigenvalue weighted by atomic mass is 10.2. The van der Waals surface area contributed by atoms with Crippen molar-refractivity contribution >= 4 is 49.4 Å². The van der Waals surface area contributed by atoms with Crippen LogP contribution < -0.4 is 20.9 Å². The van der Waals surface area contributed by atoms with Crippen LogP contribution in [0.25, 0.3) is 0 Å². The van der Waals surface area contributed by atoms with Crippen molar-refractivity contribution in [3.63, 3.8) is 0 Å². The molecule has 148 valence electrons. The van der Waals surface area contributed by atoms with Gasteiger partial charge < -0.3 is 15.5 Å². The van der Waals surface area contributed by atoms with E-state index in [0.29, 0.717) is 17.1 Å². The zero-order valence-electron chi connectivity index (χ0n) is 15.7. The van der Waals surface area contributed by atoms with Crippen LogP contribution in [0.15, 0.2) is 57.1 Å². The van der Waals surface area contributed by atoms with Crippen LogP contribution in [-0.2, 0) is 9.59 Å². The molecule has 0 bridgehead atoms. The second-order valence-corrected chi connectivity index (χ2v) is 7.88. The molecule has 0 spiro atoms. The summed E-state index contributed by atoms with van der Waals surface area (Å²) in [5, 5.41) is 2.75.